The predicted octanol–water partition coefficient (Wildman–Crippen LogP) is 2.14. The van der Waals surface area contributed by atoms with Crippen LogP contribution < -0.4 is 0 Å². The number of hydrogen-bond acceptors (Lipinski definition) is 4. The van der Waals surface area contributed by atoms with Gasteiger partial charge in [0.15, 0.2) is 0 Å². The first-order chi connectivity index (χ1) is 8.16. The van der Waals surface area contributed by atoms with Crippen molar-refractivity contribution in [3.63, 3.8) is 0 Å². The summed E-state index contributed by atoms with van der Waals surface area (Å²) in [4.78, 5) is 11.0. The highest BCUT2D eigenvalue weighted by Crippen LogP contribution is 2.57. The minimum atomic E-state index is -0.260. The van der Waals surface area contributed by atoms with Crippen LogP contribution in [0.4, 0.5) is 0 Å². The summed E-state index contributed by atoms with van der Waals surface area (Å²) in [6, 6.07) is 0. The van der Waals surface area contributed by atoms with Gasteiger partial charge in [-0.25, -0.2) is 0 Å². The molecule has 0 aromatic carbocycles. The highest BCUT2D eigenvalue weighted by atomic mass is 16.7. The summed E-state index contributed by atoms with van der Waals surface area (Å²) in [5.74, 6) is -0.216. The number of hydrogen-bond donors (Lipinski definition) is 0. The Morgan fingerprint density at radius 2 is 2.29 bits per heavy atom. The standard InChI is InChI=1S/C13H18O4/c1-10(14)16-9-12-4-2-3-5-13(12)6-7-15-11(8-12)17-13/h6-7,11H,2-5,8-9H2,1H3/t11-,12+,13-/m1/s1. The van der Waals surface area contributed by atoms with Crippen LogP contribution in [0.25, 0.3) is 0 Å². The molecular formula is C13H18O4. The van der Waals surface area contributed by atoms with Gasteiger partial charge < -0.3 is 14.2 Å². The Bertz CT molecular complexity index is 364. The highest BCUT2D eigenvalue weighted by Gasteiger charge is 2.61. The first kappa shape index (κ1) is 11.1. The van der Waals surface area contributed by atoms with Gasteiger partial charge in [0.25, 0.3) is 0 Å². The van der Waals surface area contributed by atoms with E-state index in [0.29, 0.717) is 6.61 Å². The van der Waals surface area contributed by atoms with Crippen LogP contribution in [0.2, 0.25) is 0 Å². The van der Waals surface area contributed by atoms with Crippen molar-refractivity contribution in [2.45, 2.75) is 50.9 Å². The molecule has 4 nitrogen and oxygen atoms in total. The lowest BCUT2D eigenvalue weighted by Crippen LogP contribution is -2.49. The molecule has 1 spiro atoms. The fourth-order valence-corrected chi connectivity index (χ4v) is 3.49. The molecule has 3 atom stereocenters. The van der Waals surface area contributed by atoms with E-state index in [1.54, 1.807) is 6.26 Å². The number of carbonyl (C=O) groups is 1. The van der Waals surface area contributed by atoms with E-state index in [-0.39, 0.29) is 23.3 Å². The summed E-state index contributed by atoms with van der Waals surface area (Å²) < 4.78 is 16.7. The zero-order chi connectivity index (χ0) is 11.9. The zero-order valence-electron chi connectivity index (χ0n) is 10.1. The first-order valence-electron chi connectivity index (χ1n) is 6.30. The molecule has 2 aliphatic heterocycles. The average molecular weight is 238 g/mol. The Balaban J connectivity index is 1.89. The summed E-state index contributed by atoms with van der Waals surface area (Å²) in [6.07, 6.45) is 8.84. The molecule has 2 fully saturated rings. The second kappa shape index (κ2) is 3.73. The maximum absolute atomic E-state index is 11.0. The highest BCUT2D eigenvalue weighted by molar-refractivity contribution is 5.66. The molecule has 0 N–H and O–H groups in total. The van der Waals surface area contributed by atoms with E-state index in [1.165, 1.54) is 19.8 Å². The van der Waals surface area contributed by atoms with Crippen molar-refractivity contribution in [3.05, 3.63) is 12.3 Å². The Morgan fingerprint density at radius 1 is 1.47 bits per heavy atom. The summed E-state index contributed by atoms with van der Waals surface area (Å²) >= 11 is 0. The fourth-order valence-electron chi connectivity index (χ4n) is 3.49. The topological polar surface area (TPSA) is 44.8 Å². The largest absolute Gasteiger partial charge is 0.473 e. The molecule has 94 valence electrons. The SMILES string of the molecule is CC(=O)OC[C@@]12CCCC[C@@]13C=CO[C@@H](C2)O3. The first-order valence-corrected chi connectivity index (χ1v) is 6.30. The number of rotatable bonds is 2. The number of esters is 1. The van der Waals surface area contributed by atoms with E-state index in [2.05, 4.69) is 0 Å². The van der Waals surface area contributed by atoms with Crippen molar-refractivity contribution >= 4 is 5.97 Å². The van der Waals surface area contributed by atoms with Gasteiger partial charge in [0.2, 0.25) is 6.29 Å². The molecule has 0 radical (unpaired) electrons. The van der Waals surface area contributed by atoms with Crippen molar-refractivity contribution in [3.8, 4) is 0 Å². The molecule has 3 aliphatic rings. The second-order valence-electron chi connectivity index (χ2n) is 5.35. The molecule has 1 aliphatic carbocycles. The summed E-state index contributed by atoms with van der Waals surface area (Å²) in [6.45, 7) is 1.91. The summed E-state index contributed by atoms with van der Waals surface area (Å²) in [5.41, 5.74) is -0.335. The molecule has 17 heavy (non-hydrogen) atoms. The molecule has 1 saturated carbocycles. The van der Waals surface area contributed by atoms with Gasteiger partial charge in [-0.3, -0.25) is 4.79 Å². The Labute approximate surface area is 101 Å². The smallest absolute Gasteiger partial charge is 0.302 e. The van der Waals surface area contributed by atoms with Crippen molar-refractivity contribution in [2.24, 2.45) is 5.41 Å². The fraction of sp³-hybridized carbons (Fsp3) is 0.769. The third-order valence-corrected chi connectivity index (χ3v) is 4.37. The van der Waals surface area contributed by atoms with Gasteiger partial charge in [-0.15, -0.1) is 0 Å². The van der Waals surface area contributed by atoms with Gasteiger partial charge in [-0.1, -0.05) is 12.8 Å². The lowest BCUT2D eigenvalue weighted by atomic mass is 9.63. The van der Waals surface area contributed by atoms with Gasteiger partial charge in [-0.05, 0) is 18.9 Å². The normalized spacial score (nSPS) is 42.8. The predicted molar refractivity (Wildman–Crippen MR) is 60.0 cm³/mol. The van der Waals surface area contributed by atoms with Crippen LogP contribution in [0.1, 0.15) is 39.0 Å². The van der Waals surface area contributed by atoms with E-state index < -0.39 is 0 Å². The lowest BCUT2D eigenvalue weighted by molar-refractivity contribution is -0.172. The third-order valence-electron chi connectivity index (χ3n) is 4.37. The Morgan fingerprint density at radius 3 is 3.12 bits per heavy atom. The van der Waals surface area contributed by atoms with Crippen molar-refractivity contribution in [1.29, 1.82) is 0 Å². The quantitative estimate of drug-likeness (QED) is 0.691. The van der Waals surface area contributed by atoms with Gasteiger partial charge in [0.1, 0.15) is 12.2 Å². The van der Waals surface area contributed by atoms with E-state index in [1.807, 2.05) is 6.08 Å². The van der Waals surface area contributed by atoms with Gasteiger partial charge in [0, 0.05) is 18.8 Å². The van der Waals surface area contributed by atoms with Gasteiger partial charge in [-0.2, -0.15) is 0 Å². The van der Waals surface area contributed by atoms with E-state index in [0.717, 1.165) is 19.3 Å². The van der Waals surface area contributed by atoms with Crippen molar-refractivity contribution in [1.82, 2.24) is 0 Å². The minimum Gasteiger partial charge on any atom is -0.473 e. The molecule has 2 bridgehead atoms. The van der Waals surface area contributed by atoms with Crippen molar-refractivity contribution < 1.29 is 19.0 Å². The van der Waals surface area contributed by atoms with Crippen LogP contribution in [0.5, 0.6) is 0 Å². The molecule has 0 unspecified atom stereocenters. The third kappa shape index (κ3) is 1.58. The molecule has 0 amide bonds. The van der Waals surface area contributed by atoms with Crippen LogP contribution in [-0.4, -0.2) is 24.5 Å². The van der Waals surface area contributed by atoms with Gasteiger partial charge in [0.05, 0.1) is 6.26 Å². The van der Waals surface area contributed by atoms with Crippen LogP contribution in [-0.2, 0) is 19.0 Å². The molecular weight excluding hydrogens is 220 g/mol. The maximum Gasteiger partial charge on any atom is 0.302 e. The molecule has 1 saturated heterocycles. The summed E-state index contributed by atoms with van der Waals surface area (Å²) in [7, 11) is 0. The molecule has 4 heteroatoms. The van der Waals surface area contributed by atoms with E-state index in [4.69, 9.17) is 14.2 Å². The Hall–Kier alpha value is -1.03. The maximum atomic E-state index is 11.0. The molecule has 2 heterocycles. The van der Waals surface area contributed by atoms with Gasteiger partial charge >= 0.3 is 5.97 Å². The number of fused-ring (bicyclic) bond motifs is 1. The molecule has 0 aromatic rings. The number of ether oxygens (including phenoxy) is 3. The monoisotopic (exact) mass is 238 g/mol. The van der Waals surface area contributed by atoms with Crippen LogP contribution in [0, 0.1) is 5.41 Å². The average Bonchev–Trinajstić information content (AvgIpc) is 2.53. The Kier molecular flexibility index (Phi) is 2.43. The number of carbonyl (C=O) groups excluding carboxylic acids is 1. The van der Waals surface area contributed by atoms with E-state index in [9.17, 15) is 4.79 Å². The zero-order valence-corrected chi connectivity index (χ0v) is 10.1. The molecule has 3 rings (SSSR count). The van der Waals surface area contributed by atoms with Crippen molar-refractivity contribution in [2.75, 3.05) is 6.61 Å². The van der Waals surface area contributed by atoms with E-state index >= 15 is 0 Å². The lowest BCUT2D eigenvalue weighted by Gasteiger charge is -2.45. The second-order valence-corrected chi connectivity index (χ2v) is 5.35. The van der Waals surface area contributed by atoms with Crippen LogP contribution >= 0.6 is 0 Å². The minimum absolute atomic E-state index is 0.0748. The molecule has 0 aromatic heterocycles. The van der Waals surface area contributed by atoms with Crippen LogP contribution in [0.3, 0.4) is 0 Å². The van der Waals surface area contributed by atoms with Crippen LogP contribution in [0.15, 0.2) is 12.3 Å². The summed E-state index contributed by atoms with van der Waals surface area (Å²) in [5, 5.41) is 0.